The summed E-state index contributed by atoms with van der Waals surface area (Å²) in [6.45, 7) is -0.223. The molecule has 0 radical (unpaired) electrons. The lowest BCUT2D eigenvalue weighted by atomic mass is 9.58. The molecule has 2 aliphatic carbocycles. The molecule has 2 aliphatic rings. The van der Waals surface area contributed by atoms with Crippen LogP contribution in [0.15, 0.2) is 0 Å². The first-order valence-corrected chi connectivity index (χ1v) is 6.70. The molecule has 5 heteroatoms. The summed E-state index contributed by atoms with van der Waals surface area (Å²) < 4.78 is 41.5. The smallest absolute Gasteiger partial charge is 0.377 e. The molecule has 0 heterocycles. The van der Waals surface area contributed by atoms with Gasteiger partial charge in [0.1, 0.15) is 0 Å². The highest BCUT2D eigenvalue weighted by atomic mass is 35.5. The third-order valence-electron chi connectivity index (χ3n) is 4.18. The molecule has 17 heavy (non-hydrogen) atoms. The Labute approximate surface area is 105 Å². The van der Waals surface area contributed by atoms with E-state index in [4.69, 9.17) is 16.3 Å². The molecule has 0 aliphatic heterocycles. The first-order chi connectivity index (χ1) is 7.94. The third kappa shape index (κ3) is 2.90. The van der Waals surface area contributed by atoms with E-state index >= 15 is 0 Å². The maximum Gasteiger partial charge on any atom is 0.391 e. The van der Waals surface area contributed by atoms with E-state index in [1.54, 1.807) is 0 Å². The lowest BCUT2D eigenvalue weighted by molar-refractivity contribution is -0.172. The van der Waals surface area contributed by atoms with Crippen LogP contribution in [0.25, 0.3) is 0 Å². The second-order valence-electron chi connectivity index (χ2n) is 5.22. The molecule has 2 unspecified atom stereocenters. The number of halogens is 4. The number of hydrogen-bond donors (Lipinski definition) is 0. The molecule has 1 spiro atoms. The van der Waals surface area contributed by atoms with Crippen LogP contribution >= 0.6 is 11.6 Å². The van der Waals surface area contributed by atoms with E-state index in [1.165, 1.54) is 6.42 Å². The normalized spacial score (nSPS) is 32.5. The van der Waals surface area contributed by atoms with Crippen LogP contribution in [0, 0.1) is 5.41 Å². The van der Waals surface area contributed by atoms with E-state index in [0.29, 0.717) is 6.42 Å². The molecule has 100 valence electrons. The van der Waals surface area contributed by atoms with Crippen molar-refractivity contribution < 1.29 is 17.9 Å². The molecule has 0 saturated heterocycles. The molecule has 2 atom stereocenters. The van der Waals surface area contributed by atoms with Crippen molar-refractivity contribution in [3.05, 3.63) is 0 Å². The Balaban J connectivity index is 1.81. The van der Waals surface area contributed by atoms with Gasteiger partial charge in [-0.05, 0) is 19.3 Å². The van der Waals surface area contributed by atoms with E-state index in [0.717, 1.165) is 25.7 Å². The minimum Gasteiger partial charge on any atom is -0.377 e. The van der Waals surface area contributed by atoms with Crippen molar-refractivity contribution in [2.75, 3.05) is 6.61 Å². The summed E-state index contributed by atoms with van der Waals surface area (Å²) in [5.74, 6) is 0. The summed E-state index contributed by atoms with van der Waals surface area (Å²) in [5.41, 5.74) is -0.0224. The van der Waals surface area contributed by atoms with Gasteiger partial charge in [-0.2, -0.15) is 13.2 Å². The van der Waals surface area contributed by atoms with Gasteiger partial charge in [0.15, 0.2) is 0 Å². The summed E-state index contributed by atoms with van der Waals surface area (Å²) in [5, 5.41) is 0.0960. The van der Waals surface area contributed by atoms with Crippen molar-refractivity contribution in [3.8, 4) is 0 Å². The van der Waals surface area contributed by atoms with Gasteiger partial charge in [-0.25, -0.2) is 0 Å². The van der Waals surface area contributed by atoms with Gasteiger partial charge in [-0.3, -0.25) is 0 Å². The SMILES string of the molecule is FC(F)(F)CCOC1CC(Cl)C12CCCCC2. The van der Waals surface area contributed by atoms with Gasteiger partial charge in [0.25, 0.3) is 0 Å². The Hall–Kier alpha value is 0.0400. The largest absolute Gasteiger partial charge is 0.391 e. The van der Waals surface area contributed by atoms with Crippen LogP contribution in [-0.2, 0) is 4.74 Å². The van der Waals surface area contributed by atoms with Gasteiger partial charge in [-0.15, -0.1) is 11.6 Å². The molecule has 0 aromatic carbocycles. The maximum absolute atomic E-state index is 12.0. The van der Waals surface area contributed by atoms with E-state index in [2.05, 4.69) is 0 Å². The van der Waals surface area contributed by atoms with Crippen LogP contribution in [0.4, 0.5) is 13.2 Å². The highest BCUT2D eigenvalue weighted by Gasteiger charge is 2.55. The molecular formula is C12H18ClF3O. The van der Waals surface area contributed by atoms with Gasteiger partial charge < -0.3 is 4.74 Å². The monoisotopic (exact) mass is 270 g/mol. The van der Waals surface area contributed by atoms with Gasteiger partial charge in [-0.1, -0.05) is 19.3 Å². The Morgan fingerprint density at radius 1 is 1.18 bits per heavy atom. The minimum absolute atomic E-state index is 0.0224. The molecule has 2 rings (SSSR count). The average Bonchev–Trinajstić information content (AvgIpc) is 2.28. The minimum atomic E-state index is -4.12. The Kier molecular flexibility index (Phi) is 3.93. The zero-order chi connectivity index (χ0) is 12.5. The predicted molar refractivity (Wildman–Crippen MR) is 60.2 cm³/mol. The van der Waals surface area contributed by atoms with E-state index in [9.17, 15) is 13.2 Å². The number of alkyl halides is 4. The third-order valence-corrected chi connectivity index (χ3v) is 4.79. The lowest BCUT2D eigenvalue weighted by Gasteiger charge is -2.55. The summed E-state index contributed by atoms with van der Waals surface area (Å²) in [7, 11) is 0. The van der Waals surface area contributed by atoms with Gasteiger partial charge in [0.05, 0.1) is 19.1 Å². The highest BCUT2D eigenvalue weighted by Crippen LogP contribution is 2.55. The van der Waals surface area contributed by atoms with Gasteiger partial charge in [0, 0.05) is 10.8 Å². The van der Waals surface area contributed by atoms with E-state index in [1.807, 2.05) is 0 Å². The van der Waals surface area contributed by atoms with Crippen molar-refractivity contribution >= 4 is 11.6 Å². The molecule has 0 amide bonds. The van der Waals surface area contributed by atoms with E-state index < -0.39 is 12.6 Å². The maximum atomic E-state index is 12.0. The molecule has 0 aromatic heterocycles. The van der Waals surface area contributed by atoms with E-state index in [-0.39, 0.29) is 23.5 Å². The summed E-state index contributed by atoms with van der Waals surface area (Å²) in [6.07, 6.45) is 1.17. The van der Waals surface area contributed by atoms with Gasteiger partial charge >= 0.3 is 6.18 Å². The molecule has 0 N–H and O–H groups in total. The molecule has 1 nitrogen and oxygen atoms in total. The van der Waals surface area contributed by atoms with Crippen LogP contribution in [0.3, 0.4) is 0 Å². The molecule has 0 aromatic rings. The van der Waals surface area contributed by atoms with Crippen LogP contribution in [0.5, 0.6) is 0 Å². The molecule has 2 fully saturated rings. The Morgan fingerprint density at radius 2 is 1.82 bits per heavy atom. The molecular weight excluding hydrogens is 253 g/mol. The Bertz CT molecular complexity index is 261. The predicted octanol–water partition coefficient (Wildman–Crippen LogP) is 4.29. The lowest BCUT2D eigenvalue weighted by Crippen LogP contribution is -2.56. The number of hydrogen-bond acceptors (Lipinski definition) is 1. The molecule has 0 bridgehead atoms. The second kappa shape index (κ2) is 4.96. The van der Waals surface area contributed by atoms with Crippen molar-refractivity contribution in [3.63, 3.8) is 0 Å². The fourth-order valence-electron chi connectivity index (χ4n) is 3.09. The first-order valence-electron chi connectivity index (χ1n) is 6.26. The molecule has 2 saturated carbocycles. The summed E-state index contributed by atoms with van der Waals surface area (Å²) in [6, 6.07) is 0. The summed E-state index contributed by atoms with van der Waals surface area (Å²) in [4.78, 5) is 0. The first kappa shape index (κ1) is 13.5. The Morgan fingerprint density at radius 3 is 2.35 bits per heavy atom. The second-order valence-corrected chi connectivity index (χ2v) is 5.75. The van der Waals surface area contributed by atoms with Crippen LogP contribution < -0.4 is 0 Å². The zero-order valence-electron chi connectivity index (χ0n) is 9.73. The standard InChI is InChI=1S/C12H18ClF3O/c13-9-8-10(17-7-6-12(14,15)16)11(9)4-2-1-3-5-11/h9-10H,1-8H2. The topological polar surface area (TPSA) is 9.23 Å². The van der Waals surface area contributed by atoms with Crippen LogP contribution in [-0.4, -0.2) is 24.3 Å². The average molecular weight is 271 g/mol. The van der Waals surface area contributed by atoms with Gasteiger partial charge in [0.2, 0.25) is 0 Å². The number of ether oxygens (including phenoxy) is 1. The van der Waals surface area contributed by atoms with Crippen molar-refractivity contribution in [1.82, 2.24) is 0 Å². The van der Waals surface area contributed by atoms with Crippen molar-refractivity contribution in [1.29, 1.82) is 0 Å². The van der Waals surface area contributed by atoms with Crippen molar-refractivity contribution in [2.24, 2.45) is 5.41 Å². The highest BCUT2D eigenvalue weighted by molar-refractivity contribution is 6.21. The zero-order valence-corrected chi connectivity index (χ0v) is 10.5. The van der Waals surface area contributed by atoms with Crippen LogP contribution in [0.1, 0.15) is 44.9 Å². The number of rotatable bonds is 3. The summed E-state index contributed by atoms with van der Waals surface area (Å²) >= 11 is 6.25. The quantitative estimate of drug-likeness (QED) is 0.695. The fraction of sp³-hybridized carbons (Fsp3) is 1.00. The fourth-order valence-corrected chi connectivity index (χ4v) is 3.62. The van der Waals surface area contributed by atoms with Crippen molar-refractivity contribution in [2.45, 2.75) is 62.6 Å². The van der Waals surface area contributed by atoms with Crippen LogP contribution in [0.2, 0.25) is 0 Å².